The zero-order valence-electron chi connectivity index (χ0n) is 40.8. The van der Waals surface area contributed by atoms with E-state index in [4.69, 9.17) is 36.3 Å². The van der Waals surface area contributed by atoms with Crippen LogP contribution in [0.4, 0.5) is 23.0 Å². The van der Waals surface area contributed by atoms with Crippen molar-refractivity contribution in [2.24, 2.45) is 11.8 Å². The van der Waals surface area contributed by atoms with E-state index in [-0.39, 0.29) is 22.9 Å². The van der Waals surface area contributed by atoms with Gasteiger partial charge in [-0.3, -0.25) is 9.59 Å². The number of hydrogen-bond donors (Lipinski definition) is 6. The summed E-state index contributed by atoms with van der Waals surface area (Å²) < 4.78 is 14.7. The van der Waals surface area contributed by atoms with E-state index < -0.39 is 0 Å². The maximum atomic E-state index is 12.4. The molecule has 2 aromatic carbocycles. The number of nitrogens with zero attached hydrogens (tertiary/aromatic N) is 6. The van der Waals surface area contributed by atoms with Gasteiger partial charge in [-0.25, -0.2) is 19.0 Å². The van der Waals surface area contributed by atoms with Crippen LogP contribution in [0, 0.1) is 11.8 Å². The Bertz CT molecular complexity index is 2740. The first-order chi connectivity index (χ1) is 33.1. The molecule has 4 aromatic heterocycles. The first-order valence-corrected chi connectivity index (χ1v) is 25.0. The molecular formula is C52H67ClN12O4. The summed E-state index contributed by atoms with van der Waals surface area (Å²) in [5.74, 6) is 2.45. The quantitative estimate of drug-likeness (QED) is 0.0609. The molecule has 0 radical (unpaired) electrons. The molecule has 0 bridgehead atoms. The lowest BCUT2D eigenvalue weighted by Gasteiger charge is -2.25. The van der Waals surface area contributed by atoms with Crippen LogP contribution < -0.4 is 31.9 Å². The van der Waals surface area contributed by atoms with Crippen molar-refractivity contribution in [3.63, 3.8) is 0 Å². The lowest BCUT2D eigenvalue weighted by Crippen LogP contribution is -2.28. The van der Waals surface area contributed by atoms with E-state index in [1.54, 1.807) is 6.20 Å². The maximum absolute atomic E-state index is 12.4. The van der Waals surface area contributed by atoms with Crippen molar-refractivity contribution in [2.45, 2.75) is 116 Å². The summed E-state index contributed by atoms with van der Waals surface area (Å²) in [6, 6.07) is 18.0. The molecular weight excluding hydrogens is 892 g/mol. The number of imidazole rings is 2. The number of fused-ring (bicyclic) bond motifs is 2. The molecule has 10 rings (SSSR count). The van der Waals surface area contributed by atoms with E-state index in [1.807, 2.05) is 69.8 Å². The van der Waals surface area contributed by atoms with Gasteiger partial charge in [0, 0.05) is 91.0 Å². The molecule has 2 saturated carbocycles. The highest BCUT2D eigenvalue weighted by Gasteiger charge is 2.27. The van der Waals surface area contributed by atoms with Gasteiger partial charge in [0.15, 0.2) is 17.1 Å². The summed E-state index contributed by atoms with van der Waals surface area (Å²) in [4.78, 5) is 34.1. The van der Waals surface area contributed by atoms with Crippen LogP contribution in [0.1, 0.15) is 114 Å². The number of ether oxygens (including phenoxy) is 2. The zero-order valence-corrected chi connectivity index (χ0v) is 41.5. The van der Waals surface area contributed by atoms with Gasteiger partial charge >= 0.3 is 0 Å². The number of aromatic nitrogens is 6. The van der Waals surface area contributed by atoms with E-state index in [9.17, 15) is 9.59 Å². The van der Waals surface area contributed by atoms with Crippen molar-refractivity contribution >= 4 is 57.7 Å². The molecule has 2 amide bonds. The molecule has 6 aromatic rings. The highest BCUT2D eigenvalue weighted by Crippen LogP contribution is 2.36. The number of benzene rings is 2. The lowest BCUT2D eigenvalue weighted by atomic mass is 10.0. The van der Waals surface area contributed by atoms with Crippen LogP contribution in [0.25, 0.3) is 33.8 Å². The molecule has 6 heterocycles. The third kappa shape index (κ3) is 12.4. The summed E-state index contributed by atoms with van der Waals surface area (Å²) >= 11 is 6.86. The minimum Gasteiger partial charge on any atom is -0.382 e. The molecule has 0 atom stereocenters. The third-order valence-corrected chi connectivity index (χ3v) is 13.0. The SMILES string of the molecule is CC(C)(C)Nc1cc(NCC2CCOCC2)c2ncc(-c3ccc(C(=O)NC4CC4)cc3)n2n1.CC(C)(C)Nc1nn2c(-c3ccc(C(=O)NC4CC4)cc3)cnc2c(NCC2CCOCC2)c1Cl. The predicted molar refractivity (Wildman–Crippen MR) is 274 cm³/mol. The van der Waals surface area contributed by atoms with Gasteiger partial charge in [0.2, 0.25) is 0 Å². The molecule has 0 unspecified atom stereocenters. The predicted octanol–water partition coefficient (Wildman–Crippen LogP) is 9.33. The highest BCUT2D eigenvalue weighted by molar-refractivity contribution is 6.36. The van der Waals surface area contributed by atoms with Crippen LogP contribution in [-0.4, -0.2) is 104 Å². The molecule has 2 aliphatic heterocycles. The van der Waals surface area contributed by atoms with Crippen LogP contribution >= 0.6 is 11.6 Å². The van der Waals surface area contributed by atoms with E-state index >= 15 is 0 Å². The second kappa shape index (κ2) is 20.6. The fourth-order valence-electron chi connectivity index (χ4n) is 8.49. The summed E-state index contributed by atoms with van der Waals surface area (Å²) in [6.07, 6.45) is 12.1. The second-order valence-corrected chi connectivity index (χ2v) is 21.4. The number of amides is 2. The molecule has 4 fully saturated rings. The molecule has 69 heavy (non-hydrogen) atoms. The van der Waals surface area contributed by atoms with E-state index in [0.29, 0.717) is 51.5 Å². The Hall–Kier alpha value is -5.97. The second-order valence-electron chi connectivity index (χ2n) is 21.0. The van der Waals surface area contributed by atoms with Gasteiger partial charge < -0.3 is 41.4 Å². The van der Waals surface area contributed by atoms with Crippen LogP contribution in [0.15, 0.2) is 67.0 Å². The van der Waals surface area contributed by atoms with Gasteiger partial charge in [-0.15, -0.1) is 10.2 Å². The van der Waals surface area contributed by atoms with E-state index in [1.165, 1.54) is 0 Å². The molecule has 6 N–H and O–H groups in total. The molecule has 366 valence electrons. The normalized spacial score (nSPS) is 17.0. The Morgan fingerprint density at radius 3 is 1.57 bits per heavy atom. The molecule has 17 heteroatoms. The van der Waals surface area contributed by atoms with Gasteiger partial charge in [-0.2, -0.15) is 0 Å². The molecule has 4 aliphatic rings. The highest BCUT2D eigenvalue weighted by atomic mass is 35.5. The third-order valence-electron chi connectivity index (χ3n) is 12.6. The summed E-state index contributed by atoms with van der Waals surface area (Å²) in [7, 11) is 0. The lowest BCUT2D eigenvalue weighted by molar-refractivity contribution is 0.0698. The Labute approximate surface area is 409 Å². The Kier molecular flexibility index (Phi) is 14.3. The number of carbonyl (C=O) groups excluding carboxylic acids is 2. The van der Waals surface area contributed by atoms with Crippen LogP contribution in [0.5, 0.6) is 0 Å². The Morgan fingerprint density at radius 1 is 0.623 bits per heavy atom. The van der Waals surface area contributed by atoms with E-state index in [0.717, 1.165) is 136 Å². The van der Waals surface area contributed by atoms with Crippen molar-refractivity contribution in [3.8, 4) is 22.5 Å². The monoisotopic (exact) mass is 959 g/mol. The van der Waals surface area contributed by atoms with Crippen molar-refractivity contribution in [3.05, 3.63) is 83.1 Å². The number of carbonyl (C=O) groups is 2. The molecule has 2 aliphatic carbocycles. The standard InChI is InChI=1S/C26H33ClN6O2.C26H34N6O2/c1-26(2,3)31-23-21(27)22(28-14-16-10-12-35-13-11-16)24-29-15-20(33(24)32-23)17-4-6-18(7-5-17)25(34)30-19-8-9-19;1-26(2,3)30-23-14-21(27-15-17-10-12-34-13-11-17)24-28-16-22(32(24)31-23)18-4-6-19(7-5-18)25(33)29-20-8-9-20/h4-7,15-16,19,28H,8-14H2,1-3H3,(H,30,34)(H,31,32);4-7,14,16-17,20,27H,8-13,15H2,1-3H3,(H,29,33)(H,30,31). The Balaban J connectivity index is 0.000000172. The average Bonchev–Trinajstić information content (AvgIpc) is 4.25. The fraction of sp³-hybridized carbons (Fsp3) is 0.500. The number of halogens is 1. The van der Waals surface area contributed by atoms with Crippen LogP contribution in [0.2, 0.25) is 5.02 Å². The largest absolute Gasteiger partial charge is 0.382 e. The van der Waals surface area contributed by atoms with Crippen LogP contribution in [0.3, 0.4) is 0 Å². The summed E-state index contributed by atoms with van der Waals surface area (Å²) in [6.45, 7) is 17.5. The first kappa shape index (κ1) is 48.1. The molecule has 2 saturated heterocycles. The van der Waals surface area contributed by atoms with Crippen molar-refractivity contribution < 1.29 is 19.1 Å². The van der Waals surface area contributed by atoms with Crippen LogP contribution in [-0.2, 0) is 9.47 Å². The minimum atomic E-state index is -0.223. The number of hydrogen-bond acceptors (Lipinski definition) is 12. The fourth-order valence-corrected chi connectivity index (χ4v) is 8.72. The zero-order chi connectivity index (χ0) is 48.3. The van der Waals surface area contributed by atoms with Crippen molar-refractivity contribution in [2.75, 3.05) is 60.8 Å². The molecule has 0 spiro atoms. The van der Waals surface area contributed by atoms with Gasteiger partial charge in [-0.1, -0.05) is 35.9 Å². The number of anilines is 4. The average molecular weight is 960 g/mol. The topological polar surface area (TPSA) is 185 Å². The number of nitrogens with one attached hydrogen (secondary N) is 6. The van der Waals surface area contributed by atoms with Crippen molar-refractivity contribution in [1.29, 1.82) is 0 Å². The summed E-state index contributed by atoms with van der Waals surface area (Å²) in [5, 5.41) is 30.4. The minimum absolute atomic E-state index is 0.0124. The van der Waals surface area contributed by atoms with Gasteiger partial charge in [0.25, 0.3) is 11.8 Å². The first-order valence-electron chi connectivity index (χ1n) is 24.6. The number of rotatable bonds is 14. The van der Waals surface area contributed by atoms with Gasteiger partial charge in [0.05, 0.1) is 29.5 Å². The van der Waals surface area contributed by atoms with Gasteiger partial charge in [0.1, 0.15) is 16.5 Å². The summed E-state index contributed by atoms with van der Waals surface area (Å²) in [5.41, 5.74) is 7.77. The van der Waals surface area contributed by atoms with Crippen molar-refractivity contribution in [1.82, 2.24) is 39.8 Å². The van der Waals surface area contributed by atoms with E-state index in [2.05, 4.69) is 78.4 Å². The maximum Gasteiger partial charge on any atom is 0.251 e. The Morgan fingerprint density at radius 2 is 1.09 bits per heavy atom. The molecule has 16 nitrogen and oxygen atoms in total. The smallest absolute Gasteiger partial charge is 0.251 e. The van der Waals surface area contributed by atoms with Gasteiger partial charge in [-0.05, 0) is 129 Å².